The van der Waals surface area contributed by atoms with Crippen LogP contribution in [0.5, 0.6) is 0 Å². The zero-order valence-corrected chi connectivity index (χ0v) is 7.76. The minimum Gasteiger partial charge on any atom is -0.375 e. The van der Waals surface area contributed by atoms with Crippen LogP contribution in [0.1, 0.15) is 12.5 Å². The lowest BCUT2D eigenvalue weighted by atomic mass is 10.2. The molecule has 0 aliphatic heterocycles. The zero-order valence-electron chi connectivity index (χ0n) is 7.76. The van der Waals surface area contributed by atoms with Gasteiger partial charge in [0.05, 0.1) is 0 Å². The van der Waals surface area contributed by atoms with E-state index in [1.807, 2.05) is 13.1 Å². The Morgan fingerprint density at radius 3 is 2.58 bits per heavy atom. The second-order valence-corrected chi connectivity index (χ2v) is 2.95. The first-order chi connectivity index (χ1) is 5.65. The molecule has 0 amide bonds. The molecule has 0 bridgehead atoms. The molecule has 66 valence electrons. The van der Waals surface area contributed by atoms with Gasteiger partial charge in [-0.05, 0) is 37.6 Å². The minimum absolute atomic E-state index is 0.136. The lowest BCUT2D eigenvalue weighted by molar-refractivity contribution is 0.618. The summed E-state index contributed by atoms with van der Waals surface area (Å²) in [6.45, 7) is 4.78. The molecular weight excluding hydrogens is 153 g/mol. The van der Waals surface area contributed by atoms with Gasteiger partial charge in [0.2, 0.25) is 0 Å². The Bertz CT molecular complexity index is 271. The fraction of sp³-hybridized carbons (Fsp3) is 0.400. The Hall–Kier alpha value is -1.05. The number of rotatable bonds is 2. The second-order valence-electron chi connectivity index (χ2n) is 2.95. The molecule has 1 nitrogen and oxygen atoms in total. The van der Waals surface area contributed by atoms with Gasteiger partial charge in [-0.25, -0.2) is 4.39 Å². The van der Waals surface area contributed by atoms with Crippen molar-refractivity contribution >= 4 is 5.69 Å². The molecule has 0 aliphatic rings. The van der Waals surface area contributed by atoms with Crippen LogP contribution in [0, 0.1) is 12.7 Å². The quantitative estimate of drug-likeness (QED) is 0.654. The van der Waals surface area contributed by atoms with Gasteiger partial charge in [0, 0.05) is 19.3 Å². The molecule has 0 aliphatic carbocycles. The van der Waals surface area contributed by atoms with Gasteiger partial charge in [0.25, 0.3) is 0 Å². The summed E-state index contributed by atoms with van der Waals surface area (Å²) in [5, 5.41) is 0. The number of halogens is 1. The smallest absolute Gasteiger partial charge is 0.126 e. The van der Waals surface area contributed by atoms with Gasteiger partial charge in [-0.15, -0.1) is 0 Å². The molecule has 2 heteroatoms. The van der Waals surface area contributed by atoms with Gasteiger partial charge >= 0.3 is 0 Å². The average Bonchev–Trinajstić information content (AvgIpc) is 2.08. The van der Waals surface area contributed by atoms with Crippen LogP contribution in [0.4, 0.5) is 10.1 Å². The summed E-state index contributed by atoms with van der Waals surface area (Å²) < 4.78 is 12.8. The molecule has 1 aromatic carbocycles. The summed E-state index contributed by atoms with van der Waals surface area (Å²) in [6.07, 6.45) is 0. The van der Waals surface area contributed by atoms with Gasteiger partial charge in [0.15, 0.2) is 0 Å². The lowest BCUT2D eigenvalue weighted by Crippen LogP contribution is -2.15. The Morgan fingerprint density at radius 2 is 2.08 bits per heavy atom. The second kappa shape index (κ2) is 3.57. The zero-order chi connectivity index (χ0) is 9.14. The van der Waals surface area contributed by atoms with Gasteiger partial charge in [-0.2, -0.15) is 0 Å². The minimum atomic E-state index is -0.136. The number of benzene rings is 1. The van der Waals surface area contributed by atoms with E-state index >= 15 is 0 Å². The predicted octanol–water partition coefficient (Wildman–Crippen LogP) is 2.59. The maximum Gasteiger partial charge on any atom is 0.126 e. The van der Waals surface area contributed by atoms with Crippen molar-refractivity contribution in [2.45, 2.75) is 13.8 Å². The van der Waals surface area contributed by atoms with E-state index in [4.69, 9.17) is 0 Å². The van der Waals surface area contributed by atoms with Crippen LogP contribution >= 0.6 is 0 Å². The van der Waals surface area contributed by atoms with Crippen LogP contribution < -0.4 is 4.90 Å². The molecule has 0 saturated carbocycles. The van der Waals surface area contributed by atoms with Crippen molar-refractivity contribution < 1.29 is 4.39 Å². The molecule has 1 aromatic rings. The van der Waals surface area contributed by atoms with E-state index in [9.17, 15) is 4.39 Å². The van der Waals surface area contributed by atoms with E-state index in [-0.39, 0.29) is 5.82 Å². The van der Waals surface area contributed by atoms with E-state index in [0.29, 0.717) is 5.56 Å². The molecule has 0 saturated heterocycles. The topological polar surface area (TPSA) is 3.24 Å². The molecule has 0 heterocycles. The van der Waals surface area contributed by atoms with Gasteiger partial charge in [-0.3, -0.25) is 0 Å². The van der Waals surface area contributed by atoms with Crippen molar-refractivity contribution in [2.24, 2.45) is 0 Å². The lowest BCUT2D eigenvalue weighted by Gasteiger charge is -2.17. The molecular formula is C10H14FN. The summed E-state index contributed by atoms with van der Waals surface area (Å²) in [4.78, 5) is 2.08. The maximum absolute atomic E-state index is 12.8. The highest BCUT2D eigenvalue weighted by Crippen LogP contribution is 2.16. The van der Waals surface area contributed by atoms with E-state index in [1.165, 1.54) is 6.07 Å². The van der Waals surface area contributed by atoms with Crippen molar-refractivity contribution in [1.82, 2.24) is 0 Å². The molecule has 12 heavy (non-hydrogen) atoms. The van der Waals surface area contributed by atoms with Gasteiger partial charge < -0.3 is 4.90 Å². The summed E-state index contributed by atoms with van der Waals surface area (Å²) in [6, 6.07) is 5.17. The van der Waals surface area contributed by atoms with E-state index < -0.39 is 0 Å². The summed E-state index contributed by atoms with van der Waals surface area (Å²) in [5.74, 6) is -0.136. The Morgan fingerprint density at radius 1 is 1.42 bits per heavy atom. The van der Waals surface area contributed by atoms with Crippen molar-refractivity contribution in [3.8, 4) is 0 Å². The average molecular weight is 167 g/mol. The van der Waals surface area contributed by atoms with Gasteiger partial charge in [-0.1, -0.05) is 0 Å². The highest BCUT2D eigenvalue weighted by atomic mass is 19.1. The highest BCUT2D eigenvalue weighted by Gasteiger charge is 2.00. The third kappa shape index (κ3) is 1.76. The maximum atomic E-state index is 12.8. The normalized spacial score (nSPS) is 10.0. The molecule has 0 radical (unpaired) electrons. The molecule has 0 fully saturated rings. The van der Waals surface area contributed by atoms with Crippen molar-refractivity contribution in [3.63, 3.8) is 0 Å². The molecule has 0 spiro atoms. The molecule has 0 N–H and O–H groups in total. The van der Waals surface area contributed by atoms with Crippen LogP contribution in [-0.4, -0.2) is 13.6 Å². The fourth-order valence-corrected chi connectivity index (χ4v) is 1.05. The standard InChI is InChI=1S/C10H14FN/c1-4-12(3)9-5-6-10(11)8(2)7-9/h5-7H,4H2,1-3H3. The van der Waals surface area contributed by atoms with Crippen LogP contribution in [0.15, 0.2) is 18.2 Å². The number of anilines is 1. The SMILES string of the molecule is CCN(C)c1ccc(F)c(C)c1. The first kappa shape index (κ1) is 9.04. The summed E-state index contributed by atoms with van der Waals surface area (Å²) in [5.41, 5.74) is 1.77. The first-order valence-electron chi connectivity index (χ1n) is 4.12. The van der Waals surface area contributed by atoms with E-state index in [2.05, 4.69) is 11.8 Å². The largest absolute Gasteiger partial charge is 0.375 e. The van der Waals surface area contributed by atoms with Crippen LogP contribution in [0.25, 0.3) is 0 Å². The highest BCUT2D eigenvalue weighted by molar-refractivity contribution is 5.47. The Labute approximate surface area is 72.8 Å². The van der Waals surface area contributed by atoms with Crippen LogP contribution in [0.3, 0.4) is 0 Å². The monoisotopic (exact) mass is 167 g/mol. The number of nitrogens with zero attached hydrogens (tertiary/aromatic N) is 1. The van der Waals surface area contributed by atoms with Crippen molar-refractivity contribution in [3.05, 3.63) is 29.6 Å². The molecule has 1 rings (SSSR count). The first-order valence-corrected chi connectivity index (χ1v) is 4.12. The third-order valence-electron chi connectivity index (χ3n) is 2.06. The van der Waals surface area contributed by atoms with Crippen LogP contribution in [-0.2, 0) is 0 Å². The van der Waals surface area contributed by atoms with Crippen molar-refractivity contribution in [2.75, 3.05) is 18.5 Å². The van der Waals surface area contributed by atoms with Gasteiger partial charge in [0.1, 0.15) is 5.82 Å². The summed E-state index contributed by atoms with van der Waals surface area (Å²) in [7, 11) is 1.99. The Kier molecular flexibility index (Phi) is 2.69. The predicted molar refractivity (Wildman–Crippen MR) is 50.1 cm³/mol. The van der Waals surface area contributed by atoms with Crippen LogP contribution in [0.2, 0.25) is 0 Å². The van der Waals surface area contributed by atoms with Crippen molar-refractivity contribution in [1.29, 1.82) is 0 Å². The molecule has 0 aromatic heterocycles. The molecule has 0 unspecified atom stereocenters. The third-order valence-corrected chi connectivity index (χ3v) is 2.06. The van der Waals surface area contributed by atoms with E-state index in [1.54, 1.807) is 13.0 Å². The number of hydrogen-bond donors (Lipinski definition) is 0. The fourth-order valence-electron chi connectivity index (χ4n) is 1.05. The molecule has 0 atom stereocenters. The van der Waals surface area contributed by atoms with E-state index in [0.717, 1.165) is 12.2 Å². The Balaban J connectivity index is 2.96. The number of hydrogen-bond acceptors (Lipinski definition) is 1. The number of aryl methyl sites for hydroxylation is 1. The summed E-state index contributed by atoms with van der Waals surface area (Å²) >= 11 is 0.